The molecule has 1 saturated carbocycles. The average Bonchev–Trinajstić information content (AvgIpc) is 2.54. The molecule has 1 aliphatic carbocycles. The third-order valence-electron chi connectivity index (χ3n) is 4.49. The second-order valence-electron chi connectivity index (χ2n) is 5.72. The molecule has 0 amide bonds. The highest BCUT2D eigenvalue weighted by atomic mass is 16.5. The molecule has 114 valence electrons. The van der Waals surface area contributed by atoms with Crippen LogP contribution in [0.3, 0.4) is 0 Å². The van der Waals surface area contributed by atoms with Crippen molar-refractivity contribution in [1.82, 2.24) is 0 Å². The number of anilines is 2. The minimum Gasteiger partial charge on any atom is -0.465 e. The number of ether oxygens (including phenoxy) is 2. The lowest BCUT2D eigenvalue weighted by atomic mass is 9.89. The van der Waals surface area contributed by atoms with E-state index < -0.39 is 0 Å². The molecule has 1 saturated heterocycles. The first-order valence-corrected chi connectivity index (χ1v) is 7.57. The van der Waals surface area contributed by atoms with Gasteiger partial charge in [0.15, 0.2) is 0 Å². The second-order valence-corrected chi connectivity index (χ2v) is 5.72. The molecule has 2 fully saturated rings. The fourth-order valence-corrected chi connectivity index (χ4v) is 3.43. The van der Waals surface area contributed by atoms with E-state index >= 15 is 0 Å². The fraction of sp³-hybridized carbons (Fsp3) is 0.562. The maximum atomic E-state index is 11.7. The Labute approximate surface area is 125 Å². The predicted octanol–water partition coefficient (Wildman–Crippen LogP) is 2.20. The van der Waals surface area contributed by atoms with Crippen molar-refractivity contribution in [2.75, 3.05) is 30.9 Å². The zero-order chi connectivity index (χ0) is 14.8. The largest absolute Gasteiger partial charge is 0.465 e. The van der Waals surface area contributed by atoms with Crippen molar-refractivity contribution in [3.05, 3.63) is 23.8 Å². The molecule has 0 spiro atoms. The predicted molar refractivity (Wildman–Crippen MR) is 81.5 cm³/mol. The van der Waals surface area contributed by atoms with Gasteiger partial charge in [-0.25, -0.2) is 4.79 Å². The molecule has 1 aliphatic heterocycles. The summed E-state index contributed by atoms with van der Waals surface area (Å²) in [4.78, 5) is 14.1. The minimum absolute atomic E-state index is 0.286. The van der Waals surface area contributed by atoms with Crippen molar-refractivity contribution in [2.24, 2.45) is 0 Å². The summed E-state index contributed by atoms with van der Waals surface area (Å²) >= 11 is 0. The Bertz CT molecular complexity index is 530. The number of morpholine rings is 1. The highest BCUT2D eigenvalue weighted by Crippen LogP contribution is 2.35. The van der Waals surface area contributed by atoms with E-state index in [2.05, 4.69) is 4.90 Å². The van der Waals surface area contributed by atoms with Crippen LogP contribution in [0, 0.1) is 0 Å². The van der Waals surface area contributed by atoms with Crippen LogP contribution in [0.5, 0.6) is 0 Å². The van der Waals surface area contributed by atoms with E-state index in [1.165, 1.54) is 20.0 Å². The van der Waals surface area contributed by atoms with Gasteiger partial charge in [-0.2, -0.15) is 0 Å². The SMILES string of the molecule is COC(=O)c1ccc(N)c(N2CCOC3CCCCC32)c1. The number of hydrogen-bond acceptors (Lipinski definition) is 5. The maximum absolute atomic E-state index is 11.7. The van der Waals surface area contributed by atoms with Crippen molar-refractivity contribution in [3.63, 3.8) is 0 Å². The Morgan fingerprint density at radius 1 is 1.38 bits per heavy atom. The number of nitrogen functional groups attached to an aromatic ring is 1. The summed E-state index contributed by atoms with van der Waals surface area (Å²) in [6, 6.07) is 5.71. The van der Waals surface area contributed by atoms with E-state index in [9.17, 15) is 4.79 Å². The van der Waals surface area contributed by atoms with E-state index in [0.29, 0.717) is 23.9 Å². The number of hydrogen-bond donors (Lipinski definition) is 1. The van der Waals surface area contributed by atoms with Gasteiger partial charge in [0.25, 0.3) is 0 Å². The third kappa shape index (κ3) is 2.70. The molecule has 1 aromatic rings. The Morgan fingerprint density at radius 2 is 2.19 bits per heavy atom. The summed E-state index contributed by atoms with van der Waals surface area (Å²) in [7, 11) is 1.39. The molecule has 5 nitrogen and oxygen atoms in total. The van der Waals surface area contributed by atoms with Crippen LogP contribution >= 0.6 is 0 Å². The smallest absolute Gasteiger partial charge is 0.337 e. The van der Waals surface area contributed by atoms with Crippen LogP contribution in [0.4, 0.5) is 11.4 Å². The summed E-state index contributed by atoms with van der Waals surface area (Å²) in [6.45, 7) is 1.53. The van der Waals surface area contributed by atoms with E-state index in [0.717, 1.165) is 25.1 Å². The Hall–Kier alpha value is -1.75. The van der Waals surface area contributed by atoms with Gasteiger partial charge < -0.3 is 20.1 Å². The van der Waals surface area contributed by atoms with Gasteiger partial charge in [-0.1, -0.05) is 12.8 Å². The highest BCUT2D eigenvalue weighted by Gasteiger charge is 2.35. The van der Waals surface area contributed by atoms with Crippen molar-refractivity contribution < 1.29 is 14.3 Å². The van der Waals surface area contributed by atoms with Crippen LogP contribution < -0.4 is 10.6 Å². The number of esters is 1. The van der Waals surface area contributed by atoms with Gasteiger partial charge in [-0.3, -0.25) is 0 Å². The van der Waals surface area contributed by atoms with Gasteiger partial charge in [0.2, 0.25) is 0 Å². The van der Waals surface area contributed by atoms with Gasteiger partial charge in [0.05, 0.1) is 42.8 Å². The Balaban J connectivity index is 1.92. The first-order chi connectivity index (χ1) is 10.2. The standard InChI is InChI=1S/C16H22N2O3/c1-20-16(19)11-6-7-12(17)14(10-11)18-8-9-21-15-5-3-2-4-13(15)18/h6-7,10,13,15H,2-5,8-9,17H2,1H3. The van der Waals surface area contributed by atoms with Gasteiger partial charge in [-0.15, -0.1) is 0 Å². The molecular formula is C16H22N2O3. The maximum Gasteiger partial charge on any atom is 0.337 e. The first-order valence-electron chi connectivity index (χ1n) is 7.57. The fourth-order valence-electron chi connectivity index (χ4n) is 3.43. The minimum atomic E-state index is -0.329. The first kappa shape index (κ1) is 14.2. The molecule has 2 unspecified atom stereocenters. The van der Waals surface area contributed by atoms with Crippen LogP contribution in [-0.4, -0.2) is 38.4 Å². The third-order valence-corrected chi connectivity index (χ3v) is 4.49. The summed E-state index contributed by atoms with van der Waals surface area (Å²) in [5, 5.41) is 0. The monoisotopic (exact) mass is 290 g/mol. The molecule has 2 atom stereocenters. The molecule has 3 rings (SSSR count). The van der Waals surface area contributed by atoms with Crippen molar-refractivity contribution in [1.29, 1.82) is 0 Å². The lowest BCUT2D eigenvalue weighted by Crippen LogP contribution is -2.53. The number of fused-ring (bicyclic) bond motifs is 1. The molecule has 0 aromatic heterocycles. The van der Waals surface area contributed by atoms with Crippen molar-refractivity contribution >= 4 is 17.3 Å². The summed E-state index contributed by atoms with van der Waals surface area (Å²) in [6.07, 6.45) is 4.96. The number of carbonyl (C=O) groups is 1. The average molecular weight is 290 g/mol. The molecule has 2 aliphatic rings. The van der Waals surface area contributed by atoms with Gasteiger partial charge in [0.1, 0.15) is 0 Å². The number of methoxy groups -OCH3 is 1. The summed E-state index contributed by atoms with van der Waals surface area (Å²) in [5.74, 6) is -0.329. The molecule has 1 aromatic carbocycles. The van der Waals surface area contributed by atoms with Crippen LogP contribution in [0.15, 0.2) is 18.2 Å². The van der Waals surface area contributed by atoms with Crippen LogP contribution in [-0.2, 0) is 9.47 Å². The van der Waals surface area contributed by atoms with E-state index in [1.807, 2.05) is 6.07 Å². The highest BCUT2D eigenvalue weighted by molar-refractivity contribution is 5.92. The normalized spacial score (nSPS) is 25.3. The van der Waals surface area contributed by atoms with E-state index in [1.54, 1.807) is 12.1 Å². The molecule has 2 N–H and O–H groups in total. The van der Waals surface area contributed by atoms with Crippen molar-refractivity contribution in [2.45, 2.75) is 37.8 Å². The Kier molecular flexibility index (Phi) is 4.01. The molecule has 5 heteroatoms. The lowest BCUT2D eigenvalue weighted by Gasteiger charge is -2.45. The molecule has 21 heavy (non-hydrogen) atoms. The number of nitrogens with zero attached hydrogens (tertiary/aromatic N) is 1. The number of nitrogens with two attached hydrogens (primary N) is 1. The molecule has 1 heterocycles. The van der Waals surface area contributed by atoms with Gasteiger partial charge in [-0.05, 0) is 31.0 Å². The topological polar surface area (TPSA) is 64.8 Å². The zero-order valence-corrected chi connectivity index (χ0v) is 12.4. The van der Waals surface area contributed by atoms with E-state index in [4.69, 9.17) is 15.2 Å². The van der Waals surface area contributed by atoms with Gasteiger partial charge in [0, 0.05) is 6.54 Å². The Morgan fingerprint density at radius 3 is 3.00 bits per heavy atom. The quantitative estimate of drug-likeness (QED) is 0.668. The van der Waals surface area contributed by atoms with Crippen LogP contribution in [0.25, 0.3) is 0 Å². The summed E-state index contributed by atoms with van der Waals surface area (Å²) in [5.41, 5.74) is 8.32. The molecular weight excluding hydrogens is 268 g/mol. The van der Waals surface area contributed by atoms with E-state index in [-0.39, 0.29) is 12.1 Å². The second kappa shape index (κ2) is 5.93. The number of rotatable bonds is 2. The number of benzene rings is 1. The van der Waals surface area contributed by atoms with Gasteiger partial charge >= 0.3 is 5.97 Å². The molecule has 0 bridgehead atoms. The zero-order valence-electron chi connectivity index (χ0n) is 12.4. The van der Waals surface area contributed by atoms with Crippen molar-refractivity contribution in [3.8, 4) is 0 Å². The summed E-state index contributed by atoms with van der Waals surface area (Å²) < 4.78 is 10.7. The number of carbonyl (C=O) groups excluding carboxylic acids is 1. The molecule has 0 radical (unpaired) electrons. The lowest BCUT2D eigenvalue weighted by molar-refractivity contribution is -0.00862. The van der Waals surface area contributed by atoms with Crippen LogP contribution in [0.1, 0.15) is 36.0 Å². The van der Waals surface area contributed by atoms with Crippen LogP contribution in [0.2, 0.25) is 0 Å².